The van der Waals surface area contributed by atoms with E-state index in [2.05, 4.69) is 15.8 Å². The summed E-state index contributed by atoms with van der Waals surface area (Å²) in [7, 11) is 3.23. The number of methoxy groups -OCH3 is 2. The van der Waals surface area contributed by atoms with Crippen molar-refractivity contribution in [2.75, 3.05) is 24.4 Å². The van der Waals surface area contributed by atoms with Gasteiger partial charge in [0.25, 0.3) is 0 Å². The van der Waals surface area contributed by atoms with Crippen LogP contribution in [0.25, 0.3) is 0 Å². The second-order valence-electron chi connectivity index (χ2n) is 5.47. The summed E-state index contributed by atoms with van der Waals surface area (Å²) >= 11 is 5.41. The van der Waals surface area contributed by atoms with Gasteiger partial charge in [0, 0.05) is 11.8 Å². The van der Waals surface area contributed by atoms with Gasteiger partial charge < -0.3 is 14.8 Å². The number of anilines is 2. The lowest BCUT2D eigenvalue weighted by atomic mass is 10.1. The van der Waals surface area contributed by atoms with E-state index in [9.17, 15) is 0 Å². The van der Waals surface area contributed by atoms with Crippen molar-refractivity contribution < 1.29 is 9.47 Å². The molecule has 0 amide bonds. The van der Waals surface area contributed by atoms with Gasteiger partial charge in [0.2, 0.25) is 0 Å². The van der Waals surface area contributed by atoms with E-state index in [4.69, 9.17) is 21.7 Å². The van der Waals surface area contributed by atoms with E-state index >= 15 is 0 Å². The zero-order valence-corrected chi connectivity index (χ0v) is 14.6. The Bertz CT molecular complexity index is 923. The van der Waals surface area contributed by atoms with Gasteiger partial charge in [0.1, 0.15) is 4.99 Å². The van der Waals surface area contributed by atoms with Gasteiger partial charge in [0.15, 0.2) is 17.3 Å². The van der Waals surface area contributed by atoms with E-state index in [0.717, 1.165) is 28.5 Å². The number of hydrogen-bond donors (Lipinski definition) is 2. The predicted molar refractivity (Wildman–Crippen MR) is 102 cm³/mol. The third kappa shape index (κ3) is 2.49. The Labute approximate surface area is 150 Å². The third-order valence-corrected chi connectivity index (χ3v) is 4.40. The first-order chi connectivity index (χ1) is 12.2. The molecule has 2 aromatic rings. The molecule has 0 bridgehead atoms. The number of nitrogens with one attached hydrogen (secondary N) is 2. The summed E-state index contributed by atoms with van der Waals surface area (Å²) in [5.74, 6) is 2.04. The summed E-state index contributed by atoms with van der Waals surface area (Å²) < 4.78 is 10.7. The Morgan fingerprint density at radius 2 is 1.84 bits per heavy atom. The van der Waals surface area contributed by atoms with Crippen LogP contribution in [0.2, 0.25) is 0 Å². The van der Waals surface area contributed by atoms with E-state index in [-0.39, 0.29) is 0 Å². The van der Waals surface area contributed by atoms with Crippen LogP contribution in [0, 0.1) is 0 Å². The van der Waals surface area contributed by atoms with Crippen molar-refractivity contribution in [3.63, 3.8) is 0 Å². The molecule has 2 N–H and O–H groups in total. The van der Waals surface area contributed by atoms with Gasteiger partial charge in [-0.3, -0.25) is 10.3 Å². The fourth-order valence-corrected chi connectivity index (χ4v) is 3.10. The number of benzene rings is 2. The van der Waals surface area contributed by atoms with Crippen LogP contribution in [0.1, 0.15) is 5.56 Å². The van der Waals surface area contributed by atoms with Gasteiger partial charge >= 0.3 is 0 Å². The second kappa shape index (κ2) is 6.10. The van der Waals surface area contributed by atoms with Crippen LogP contribution in [0.3, 0.4) is 0 Å². The fourth-order valence-electron chi connectivity index (χ4n) is 2.91. The van der Waals surface area contributed by atoms with Crippen LogP contribution in [0.15, 0.2) is 59.5 Å². The average Bonchev–Trinajstić information content (AvgIpc) is 2.67. The summed E-state index contributed by atoms with van der Waals surface area (Å²) in [6.45, 7) is 0. The minimum absolute atomic E-state index is 0.561. The molecule has 2 aromatic carbocycles. The standard InChI is InChI=1S/C18H16N4O2S/c1-23-15-8-7-11(9-16(15)24-2)17-20-21-18(25)14-10-19-12-5-3-4-6-13(12)22(14)17/h3-10,19H,1-2H3,(H,21,25). The van der Waals surface area contributed by atoms with E-state index in [1.54, 1.807) is 14.2 Å². The van der Waals surface area contributed by atoms with Crippen molar-refractivity contribution in [3.8, 4) is 11.5 Å². The smallest absolute Gasteiger partial charge is 0.165 e. The number of hydrogen-bond acceptors (Lipinski definition) is 6. The molecule has 0 fully saturated rings. The molecule has 4 rings (SSSR count). The number of para-hydroxylation sites is 2. The monoisotopic (exact) mass is 352 g/mol. The van der Waals surface area contributed by atoms with Crippen LogP contribution in [0.5, 0.6) is 11.5 Å². The molecule has 2 aliphatic rings. The molecule has 0 saturated carbocycles. The number of amidine groups is 1. The molecule has 0 saturated heterocycles. The molecule has 2 aliphatic heterocycles. The Morgan fingerprint density at radius 1 is 1.04 bits per heavy atom. The quantitative estimate of drug-likeness (QED) is 0.828. The van der Waals surface area contributed by atoms with Crippen molar-refractivity contribution in [2.45, 2.75) is 0 Å². The molecule has 0 aliphatic carbocycles. The van der Waals surface area contributed by atoms with E-state index in [1.165, 1.54) is 0 Å². The molecule has 0 unspecified atom stereocenters. The van der Waals surface area contributed by atoms with Gasteiger partial charge in [-0.05, 0) is 30.3 Å². The molecule has 25 heavy (non-hydrogen) atoms. The molecule has 2 heterocycles. The Balaban J connectivity index is 1.86. The highest BCUT2D eigenvalue weighted by atomic mass is 32.1. The van der Waals surface area contributed by atoms with Gasteiger partial charge in [0.05, 0.1) is 31.3 Å². The van der Waals surface area contributed by atoms with Gasteiger partial charge in [-0.15, -0.1) is 0 Å². The molecule has 0 spiro atoms. The number of nitrogens with zero attached hydrogens (tertiary/aromatic N) is 2. The van der Waals surface area contributed by atoms with E-state index in [0.29, 0.717) is 16.5 Å². The lowest BCUT2D eigenvalue weighted by Gasteiger charge is -2.36. The van der Waals surface area contributed by atoms with E-state index in [1.807, 2.05) is 53.6 Å². The maximum Gasteiger partial charge on any atom is 0.165 e. The number of hydrazone groups is 1. The summed E-state index contributed by atoms with van der Waals surface area (Å²) in [4.78, 5) is 2.59. The number of rotatable bonds is 3. The van der Waals surface area contributed by atoms with Crippen LogP contribution in [-0.2, 0) is 0 Å². The van der Waals surface area contributed by atoms with Crippen LogP contribution >= 0.6 is 12.2 Å². The molecule has 0 atom stereocenters. The summed E-state index contributed by atoms with van der Waals surface area (Å²) in [5.41, 5.74) is 6.62. The minimum atomic E-state index is 0.561. The maximum absolute atomic E-state index is 5.42. The number of fused-ring (bicyclic) bond motifs is 3. The Morgan fingerprint density at radius 3 is 2.64 bits per heavy atom. The summed E-state index contributed by atoms with van der Waals surface area (Å²) in [5, 5.41) is 7.76. The number of thiocarbonyl (C=S) groups is 1. The lowest BCUT2D eigenvalue weighted by Crippen LogP contribution is -2.45. The fraction of sp³-hybridized carbons (Fsp3) is 0.111. The highest BCUT2D eigenvalue weighted by Crippen LogP contribution is 2.36. The average molecular weight is 352 g/mol. The van der Waals surface area contributed by atoms with E-state index < -0.39 is 0 Å². The Kier molecular flexibility index (Phi) is 3.77. The minimum Gasteiger partial charge on any atom is -0.493 e. The Hall–Kier alpha value is -3.06. The van der Waals surface area contributed by atoms with Crippen molar-refractivity contribution in [1.29, 1.82) is 0 Å². The van der Waals surface area contributed by atoms with Crippen LogP contribution in [-0.4, -0.2) is 25.0 Å². The normalized spacial score (nSPS) is 15.1. The summed E-state index contributed by atoms with van der Waals surface area (Å²) in [6, 6.07) is 13.7. The zero-order valence-electron chi connectivity index (χ0n) is 13.7. The van der Waals surface area contributed by atoms with Crippen LogP contribution < -0.4 is 25.1 Å². The molecular formula is C18H16N4O2S. The molecular weight excluding hydrogens is 336 g/mol. The van der Waals surface area contributed by atoms with Gasteiger partial charge in [-0.1, -0.05) is 24.4 Å². The summed E-state index contributed by atoms with van der Waals surface area (Å²) in [6.07, 6.45) is 1.88. The zero-order chi connectivity index (χ0) is 17.4. The number of ether oxygens (including phenoxy) is 2. The van der Waals surface area contributed by atoms with Gasteiger partial charge in [-0.2, -0.15) is 5.10 Å². The molecule has 0 aromatic heterocycles. The second-order valence-corrected chi connectivity index (χ2v) is 5.88. The highest BCUT2D eigenvalue weighted by Gasteiger charge is 2.31. The first-order valence-corrected chi connectivity index (χ1v) is 8.10. The van der Waals surface area contributed by atoms with Gasteiger partial charge in [-0.25, -0.2) is 0 Å². The van der Waals surface area contributed by atoms with Crippen molar-refractivity contribution in [2.24, 2.45) is 5.10 Å². The lowest BCUT2D eigenvalue weighted by molar-refractivity contribution is 0.355. The first kappa shape index (κ1) is 15.5. The predicted octanol–water partition coefficient (Wildman–Crippen LogP) is 3.07. The molecule has 6 nitrogen and oxygen atoms in total. The topological polar surface area (TPSA) is 58.1 Å². The molecule has 126 valence electrons. The molecule has 0 radical (unpaired) electrons. The third-order valence-electron chi connectivity index (χ3n) is 4.10. The maximum atomic E-state index is 5.42. The van der Waals surface area contributed by atoms with Crippen molar-refractivity contribution in [1.82, 2.24) is 5.43 Å². The van der Waals surface area contributed by atoms with Crippen molar-refractivity contribution >= 4 is 34.4 Å². The first-order valence-electron chi connectivity index (χ1n) is 7.69. The van der Waals surface area contributed by atoms with Crippen LogP contribution in [0.4, 0.5) is 11.4 Å². The van der Waals surface area contributed by atoms with Crippen molar-refractivity contribution in [3.05, 3.63) is 59.9 Å². The largest absolute Gasteiger partial charge is 0.493 e. The molecule has 7 heteroatoms. The highest BCUT2D eigenvalue weighted by molar-refractivity contribution is 7.80. The SMILES string of the molecule is COc1ccc(C2=NNC(=S)C3=CNc4ccccc4N32)cc1OC.